The van der Waals surface area contributed by atoms with Gasteiger partial charge in [-0.25, -0.2) is 0 Å². The van der Waals surface area contributed by atoms with Crippen LogP contribution >= 0.6 is 0 Å². The van der Waals surface area contributed by atoms with E-state index in [9.17, 15) is 26.3 Å². The molecule has 0 saturated heterocycles. The van der Waals surface area contributed by atoms with Crippen molar-refractivity contribution in [2.45, 2.75) is 30.6 Å². The van der Waals surface area contributed by atoms with Crippen LogP contribution in [0.2, 0.25) is 0 Å². The summed E-state index contributed by atoms with van der Waals surface area (Å²) in [6.07, 6.45) is -3.77. The Bertz CT molecular complexity index is 1190. The largest absolute Gasteiger partial charge is 0.489 e. The number of para-hydroxylation sites is 1. The van der Waals surface area contributed by atoms with E-state index >= 15 is 0 Å². The van der Waals surface area contributed by atoms with Crippen molar-refractivity contribution in [2.24, 2.45) is 0 Å². The zero-order valence-corrected chi connectivity index (χ0v) is 18.9. The predicted octanol–water partition coefficient (Wildman–Crippen LogP) is 8.54. The Morgan fingerprint density at radius 2 is 1.14 bits per heavy atom. The second-order valence-electron chi connectivity index (χ2n) is 8.26. The summed E-state index contributed by atoms with van der Waals surface area (Å²) in [5, 5.41) is 0. The van der Waals surface area contributed by atoms with Gasteiger partial charge in [0.15, 0.2) is 0 Å². The van der Waals surface area contributed by atoms with E-state index in [0.29, 0.717) is 5.75 Å². The number of hydrogen-bond acceptors (Lipinski definition) is 2. The van der Waals surface area contributed by atoms with Crippen molar-refractivity contribution in [3.05, 3.63) is 114 Å². The maximum absolute atomic E-state index is 14.4. The molecule has 0 aromatic heterocycles. The Hall–Kier alpha value is -3.68. The molecule has 0 spiro atoms. The fraction of sp³-hybridized carbons (Fsp3) is 0.214. The molecule has 0 unspecified atom stereocenters. The van der Waals surface area contributed by atoms with Crippen LogP contribution in [-0.4, -0.2) is 19.0 Å². The summed E-state index contributed by atoms with van der Waals surface area (Å²) in [7, 11) is 0. The monoisotopic (exact) mass is 504 g/mol. The van der Waals surface area contributed by atoms with Crippen LogP contribution in [0.25, 0.3) is 0 Å². The summed E-state index contributed by atoms with van der Waals surface area (Å²) in [5.74, 6) is 0.680. The van der Waals surface area contributed by atoms with Gasteiger partial charge in [0.25, 0.3) is 0 Å². The molecule has 0 aliphatic heterocycles. The van der Waals surface area contributed by atoms with E-state index < -0.39 is 28.9 Å². The fourth-order valence-electron chi connectivity index (χ4n) is 4.12. The van der Waals surface area contributed by atoms with E-state index in [0.717, 1.165) is 66.9 Å². The highest BCUT2D eigenvalue weighted by Crippen LogP contribution is 2.56. The Balaban J connectivity index is 1.67. The third kappa shape index (κ3) is 5.12. The van der Waals surface area contributed by atoms with Crippen molar-refractivity contribution in [1.82, 2.24) is 0 Å². The molecule has 2 nitrogen and oxygen atoms in total. The topological polar surface area (TPSA) is 18.5 Å². The first-order valence-electron chi connectivity index (χ1n) is 11.2. The van der Waals surface area contributed by atoms with Crippen LogP contribution in [-0.2, 0) is 5.41 Å². The lowest BCUT2D eigenvalue weighted by atomic mass is 9.73. The zero-order valence-electron chi connectivity index (χ0n) is 18.9. The normalized spacial score (nSPS) is 14.3. The third-order valence-electron chi connectivity index (χ3n) is 5.88. The van der Waals surface area contributed by atoms with E-state index in [1.807, 2.05) is 18.2 Å². The van der Waals surface area contributed by atoms with Gasteiger partial charge in [0.2, 0.25) is 5.41 Å². The van der Waals surface area contributed by atoms with E-state index in [4.69, 9.17) is 9.47 Å². The SMILES string of the molecule is FC(F)(F)C(c1ccc(OCC2=CCCC=C2)cc1)(c1ccc(Oc2ccccc2)cc1)C(F)(F)F. The maximum atomic E-state index is 14.4. The molecule has 0 N–H and O–H groups in total. The number of allylic oxidation sites excluding steroid dienone is 2. The quantitative estimate of drug-likeness (QED) is 0.300. The average Bonchev–Trinajstić information content (AvgIpc) is 2.84. The number of halogens is 6. The van der Waals surface area contributed by atoms with Gasteiger partial charge >= 0.3 is 12.4 Å². The minimum Gasteiger partial charge on any atom is -0.489 e. The smallest absolute Gasteiger partial charge is 0.411 e. The molecular formula is C28H22F6O2. The first-order chi connectivity index (χ1) is 17.1. The average molecular weight is 504 g/mol. The lowest BCUT2D eigenvalue weighted by Gasteiger charge is -2.38. The van der Waals surface area contributed by atoms with Crippen LogP contribution in [0.1, 0.15) is 24.0 Å². The highest BCUT2D eigenvalue weighted by molar-refractivity contribution is 5.47. The van der Waals surface area contributed by atoms with Gasteiger partial charge in [0.05, 0.1) is 0 Å². The molecule has 0 fully saturated rings. The number of alkyl halides is 6. The van der Waals surface area contributed by atoms with Crippen LogP contribution < -0.4 is 9.47 Å². The van der Waals surface area contributed by atoms with Crippen molar-refractivity contribution in [1.29, 1.82) is 0 Å². The molecule has 1 aliphatic carbocycles. The van der Waals surface area contributed by atoms with Crippen LogP contribution in [0.15, 0.2) is 103 Å². The number of ether oxygens (including phenoxy) is 2. The van der Waals surface area contributed by atoms with Crippen LogP contribution in [0.4, 0.5) is 26.3 Å². The summed E-state index contributed by atoms with van der Waals surface area (Å²) >= 11 is 0. The van der Waals surface area contributed by atoms with Gasteiger partial charge in [-0.2, -0.15) is 26.3 Å². The highest BCUT2D eigenvalue weighted by atomic mass is 19.4. The van der Waals surface area contributed by atoms with Gasteiger partial charge in [-0.05, 0) is 65.9 Å². The molecule has 4 rings (SSSR count). The van der Waals surface area contributed by atoms with Gasteiger partial charge in [0, 0.05) is 0 Å². The zero-order chi connectivity index (χ0) is 25.8. The molecule has 1 aliphatic rings. The molecule has 0 bridgehead atoms. The van der Waals surface area contributed by atoms with Crippen LogP contribution in [0.3, 0.4) is 0 Å². The van der Waals surface area contributed by atoms with E-state index in [1.165, 1.54) is 0 Å². The van der Waals surface area contributed by atoms with E-state index in [-0.39, 0.29) is 18.1 Å². The Morgan fingerprint density at radius 1 is 0.611 bits per heavy atom. The Labute approximate surface area is 204 Å². The molecule has 188 valence electrons. The fourth-order valence-corrected chi connectivity index (χ4v) is 4.12. The minimum atomic E-state index is -5.67. The van der Waals surface area contributed by atoms with Gasteiger partial charge in [-0.3, -0.25) is 0 Å². The first kappa shape index (κ1) is 25.4. The number of rotatable bonds is 7. The molecule has 3 aromatic rings. The summed E-state index contributed by atoms with van der Waals surface area (Å²) < 4.78 is 97.4. The van der Waals surface area contributed by atoms with Crippen LogP contribution in [0, 0.1) is 0 Å². The van der Waals surface area contributed by atoms with Crippen molar-refractivity contribution in [3.8, 4) is 17.2 Å². The van der Waals surface area contributed by atoms with Gasteiger partial charge in [-0.1, -0.05) is 60.7 Å². The second kappa shape index (κ2) is 10.1. The lowest BCUT2D eigenvalue weighted by Crippen LogP contribution is -2.54. The summed E-state index contributed by atoms with van der Waals surface area (Å²) in [6.45, 7) is 0.169. The molecule has 0 amide bonds. The van der Waals surface area contributed by atoms with Crippen molar-refractivity contribution >= 4 is 0 Å². The summed E-state index contributed by atoms with van der Waals surface area (Å²) in [5.41, 5.74) is -5.26. The molecule has 3 aromatic carbocycles. The van der Waals surface area contributed by atoms with Gasteiger partial charge in [0.1, 0.15) is 23.9 Å². The predicted molar refractivity (Wildman–Crippen MR) is 124 cm³/mol. The van der Waals surface area contributed by atoms with Gasteiger partial charge in [-0.15, -0.1) is 0 Å². The van der Waals surface area contributed by atoms with Crippen molar-refractivity contribution < 1.29 is 35.8 Å². The van der Waals surface area contributed by atoms with Gasteiger partial charge < -0.3 is 9.47 Å². The van der Waals surface area contributed by atoms with Crippen LogP contribution in [0.5, 0.6) is 17.2 Å². The van der Waals surface area contributed by atoms with E-state index in [1.54, 1.807) is 30.3 Å². The highest BCUT2D eigenvalue weighted by Gasteiger charge is 2.72. The maximum Gasteiger partial charge on any atom is 0.411 e. The third-order valence-corrected chi connectivity index (χ3v) is 5.88. The number of benzene rings is 3. The van der Waals surface area contributed by atoms with Crippen molar-refractivity contribution in [3.63, 3.8) is 0 Å². The minimum absolute atomic E-state index is 0.109. The molecule has 0 radical (unpaired) electrons. The Kier molecular flexibility index (Phi) is 7.15. The summed E-state index contributed by atoms with van der Waals surface area (Å²) in [6, 6.07) is 16.0. The molecule has 0 saturated carbocycles. The molecule has 36 heavy (non-hydrogen) atoms. The molecule has 0 heterocycles. The molecule has 8 heteroatoms. The molecule has 0 atom stereocenters. The molecular weight excluding hydrogens is 482 g/mol. The lowest BCUT2D eigenvalue weighted by molar-refractivity contribution is -0.288. The van der Waals surface area contributed by atoms with E-state index in [2.05, 4.69) is 0 Å². The standard InChI is InChI=1S/C28H22F6O2/c29-27(30,31)26(28(32,33)34,22-13-17-25(18-14-22)36-24-9-5-2-6-10-24)21-11-15-23(16-12-21)35-19-20-7-3-1-4-8-20/h2-3,5-18H,1,4,19H2. The van der Waals surface area contributed by atoms with Crippen molar-refractivity contribution in [2.75, 3.05) is 6.61 Å². The first-order valence-corrected chi connectivity index (χ1v) is 11.2. The summed E-state index contributed by atoms with van der Waals surface area (Å²) in [4.78, 5) is 0. The number of hydrogen-bond donors (Lipinski definition) is 0. The Morgan fingerprint density at radius 3 is 1.64 bits per heavy atom. The second-order valence-corrected chi connectivity index (χ2v) is 8.26.